The van der Waals surface area contributed by atoms with Crippen molar-refractivity contribution in [3.05, 3.63) is 64.7 Å². The van der Waals surface area contributed by atoms with Gasteiger partial charge in [0.05, 0.1) is 17.5 Å². The second-order valence-corrected chi connectivity index (χ2v) is 5.70. The van der Waals surface area contributed by atoms with Crippen LogP contribution in [0.3, 0.4) is 0 Å². The highest BCUT2D eigenvalue weighted by molar-refractivity contribution is 6.30. The van der Waals surface area contributed by atoms with Gasteiger partial charge in [-0.25, -0.2) is 4.79 Å². The fraction of sp³-hybridized carbons (Fsp3) is 0.118. The lowest BCUT2D eigenvalue weighted by Gasteiger charge is -2.07. The Morgan fingerprint density at radius 1 is 1.07 bits per heavy atom. The number of carbonyl (C=O) groups excluding carboxylic acids is 2. The zero-order valence-electron chi connectivity index (χ0n) is 13.6. The van der Waals surface area contributed by atoms with Crippen molar-refractivity contribution >= 4 is 35.0 Å². The number of rotatable bonds is 5. The summed E-state index contributed by atoms with van der Waals surface area (Å²) in [4.78, 5) is 28.1. The summed E-state index contributed by atoms with van der Waals surface area (Å²) in [5.74, 6) is -1.81. The van der Waals surface area contributed by atoms with Crippen LogP contribution in [0.25, 0.3) is 0 Å². The number of hydrogen-bond acceptors (Lipinski definition) is 4. The summed E-state index contributed by atoms with van der Waals surface area (Å²) in [7, 11) is 0. The van der Waals surface area contributed by atoms with Crippen molar-refractivity contribution in [2.75, 3.05) is 5.32 Å². The van der Waals surface area contributed by atoms with Crippen LogP contribution in [-0.4, -0.2) is 17.7 Å². The zero-order chi connectivity index (χ0) is 20.0. The molecular weight excluding hydrogens is 387 g/mol. The van der Waals surface area contributed by atoms with E-state index in [1.54, 1.807) is 24.3 Å². The van der Waals surface area contributed by atoms with E-state index < -0.39 is 23.6 Å². The monoisotopic (exact) mass is 399 g/mol. The zero-order valence-corrected chi connectivity index (χ0v) is 14.3. The van der Waals surface area contributed by atoms with Crippen LogP contribution < -0.4 is 11.1 Å². The van der Waals surface area contributed by atoms with E-state index in [0.717, 1.165) is 24.3 Å². The maximum atomic E-state index is 12.5. The van der Waals surface area contributed by atoms with Crippen molar-refractivity contribution in [1.82, 2.24) is 0 Å². The van der Waals surface area contributed by atoms with Crippen LogP contribution in [0, 0.1) is 0 Å². The molecule has 0 radical (unpaired) electrons. The molecule has 2 rings (SSSR count). The number of anilines is 1. The first-order valence-electron chi connectivity index (χ1n) is 7.41. The number of benzene rings is 2. The first-order chi connectivity index (χ1) is 12.6. The fourth-order valence-corrected chi connectivity index (χ4v) is 2.01. The molecule has 0 fully saturated rings. The molecule has 1 amide bonds. The lowest BCUT2D eigenvalue weighted by molar-refractivity contribution is -0.137. The highest BCUT2D eigenvalue weighted by Crippen LogP contribution is 2.29. The minimum absolute atomic E-state index is 0.148. The molecule has 0 unspecified atom stereocenters. The predicted octanol–water partition coefficient (Wildman–Crippen LogP) is 3.82. The van der Waals surface area contributed by atoms with E-state index in [2.05, 4.69) is 15.3 Å². The second-order valence-electron chi connectivity index (χ2n) is 5.27. The van der Waals surface area contributed by atoms with Gasteiger partial charge < -0.3 is 15.9 Å². The van der Waals surface area contributed by atoms with Gasteiger partial charge in [-0.1, -0.05) is 16.8 Å². The van der Waals surface area contributed by atoms with E-state index in [0.29, 0.717) is 10.7 Å². The Morgan fingerprint density at radius 2 is 1.67 bits per heavy atom. The van der Waals surface area contributed by atoms with Crippen LogP contribution in [0.1, 0.15) is 22.3 Å². The molecule has 0 spiro atoms. The van der Waals surface area contributed by atoms with Crippen molar-refractivity contribution in [2.45, 2.75) is 12.6 Å². The van der Waals surface area contributed by atoms with Gasteiger partial charge in [-0.15, -0.1) is 0 Å². The first-order valence-corrected chi connectivity index (χ1v) is 7.79. The van der Waals surface area contributed by atoms with Crippen LogP contribution in [0.4, 0.5) is 18.9 Å². The third-order valence-corrected chi connectivity index (χ3v) is 3.42. The number of alkyl halides is 3. The van der Waals surface area contributed by atoms with Crippen LogP contribution >= 0.6 is 11.6 Å². The minimum atomic E-state index is -4.51. The molecule has 0 heterocycles. The highest BCUT2D eigenvalue weighted by atomic mass is 35.5. The molecule has 0 aliphatic rings. The van der Waals surface area contributed by atoms with Gasteiger partial charge in [0.15, 0.2) is 0 Å². The maximum Gasteiger partial charge on any atom is 0.416 e. The Bertz CT molecular complexity index is 850. The first kappa shape index (κ1) is 20.2. The lowest BCUT2D eigenvalue weighted by atomic mass is 10.1. The largest absolute Gasteiger partial charge is 0.416 e. The van der Waals surface area contributed by atoms with Gasteiger partial charge >= 0.3 is 12.1 Å². The van der Waals surface area contributed by atoms with Gasteiger partial charge in [0, 0.05) is 10.7 Å². The number of oxime groups is 1. The molecule has 0 aromatic heterocycles. The number of nitrogens with two attached hydrogens (primary N) is 1. The molecule has 0 atom stereocenters. The average molecular weight is 400 g/mol. The summed E-state index contributed by atoms with van der Waals surface area (Å²) in [6, 6.07) is 9.71. The molecule has 2 aromatic carbocycles. The quantitative estimate of drug-likeness (QED) is 0.346. The predicted molar refractivity (Wildman–Crippen MR) is 93.2 cm³/mol. The highest BCUT2D eigenvalue weighted by Gasteiger charge is 2.30. The Morgan fingerprint density at radius 3 is 2.22 bits per heavy atom. The average Bonchev–Trinajstić information content (AvgIpc) is 2.61. The second kappa shape index (κ2) is 8.54. The number of halogens is 4. The summed E-state index contributed by atoms with van der Waals surface area (Å²) < 4.78 is 37.4. The van der Waals surface area contributed by atoms with E-state index in [4.69, 9.17) is 17.3 Å². The number of nitrogens with one attached hydrogen (secondary N) is 1. The molecule has 3 N–H and O–H groups in total. The van der Waals surface area contributed by atoms with Crippen LogP contribution in [0.15, 0.2) is 53.7 Å². The van der Waals surface area contributed by atoms with Crippen molar-refractivity contribution in [3.8, 4) is 0 Å². The SMILES string of the molecule is NC(CC(=O)Nc1ccc(Cl)cc1)=NOC(=O)c1ccc(C(F)(F)F)cc1. The number of carbonyl (C=O) groups is 2. The van der Waals surface area contributed by atoms with Gasteiger partial charge in [-0.3, -0.25) is 4.79 Å². The Labute approximate surface area is 156 Å². The summed E-state index contributed by atoms with van der Waals surface area (Å²) in [5.41, 5.74) is 4.94. The van der Waals surface area contributed by atoms with E-state index in [1.807, 2.05) is 0 Å². The van der Waals surface area contributed by atoms with Crippen molar-refractivity contribution in [3.63, 3.8) is 0 Å². The van der Waals surface area contributed by atoms with Crippen molar-refractivity contribution in [2.24, 2.45) is 10.9 Å². The van der Waals surface area contributed by atoms with E-state index in [-0.39, 0.29) is 17.8 Å². The summed E-state index contributed by atoms with van der Waals surface area (Å²) in [5, 5.41) is 6.35. The molecule has 2 aromatic rings. The smallest absolute Gasteiger partial charge is 0.384 e. The summed E-state index contributed by atoms with van der Waals surface area (Å²) >= 11 is 5.73. The molecular formula is C17H13ClF3N3O3. The molecule has 10 heteroatoms. The number of amides is 1. The van der Waals surface area contributed by atoms with E-state index >= 15 is 0 Å². The fourth-order valence-electron chi connectivity index (χ4n) is 1.88. The molecule has 0 aliphatic carbocycles. The topological polar surface area (TPSA) is 93.8 Å². The summed E-state index contributed by atoms with van der Waals surface area (Å²) in [6.07, 6.45) is -4.87. The van der Waals surface area contributed by atoms with Crippen LogP contribution in [0.2, 0.25) is 5.02 Å². The maximum absolute atomic E-state index is 12.5. The van der Waals surface area contributed by atoms with Crippen LogP contribution in [0.5, 0.6) is 0 Å². The Kier molecular flexibility index (Phi) is 6.40. The van der Waals surface area contributed by atoms with Gasteiger partial charge in [0.1, 0.15) is 5.84 Å². The lowest BCUT2D eigenvalue weighted by Crippen LogP contribution is -2.22. The molecule has 6 nitrogen and oxygen atoms in total. The molecule has 142 valence electrons. The molecule has 0 aliphatic heterocycles. The van der Waals surface area contributed by atoms with Gasteiger partial charge in [-0.2, -0.15) is 13.2 Å². The van der Waals surface area contributed by atoms with Gasteiger partial charge in [-0.05, 0) is 48.5 Å². The van der Waals surface area contributed by atoms with E-state index in [1.165, 1.54) is 0 Å². The summed E-state index contributed by atoms with van der Waals surface area (Å²) in [6.45, 7) is 0. The minimum Gasteiger partial charge on any atom is -0.384 e. The molecule has 0 saturated heterocycles. The Balaban J connectivity index is 1.89. The third kappa shape index (κ3) is 6.30. The standard InChI is InChI=1S/C17H13ClF3N3O3/c18-12-5-7-13(8-6-12)23-15(25)9-14(22)24-27-16(26)10-1-3-11(4-2-10)17(19,20)21/h1-8H,9H2,(H2,22,24)(H,23,25). The number of hydrogen-bond donors (Lipinski definition) is 2. The van der Waals surface area contributed by atoms with Gasteiger partial charge in [0.25, 0.3) is 0 Å². The van der Waals surface area contributed by atoms with Gasteiger partial charge in [0.2, 0.25) is 5.91 Å². The molecule has 27 heavy (non-hydrogen) atoms. The molecule has 0 saturated carbocycles. The normalized spacial score (nSPS) is 11.8. The Hall–Kier alpha value is -3.07. The van der Waals surface area contributed by atoms with Crippen molar-refractivity contribution in [1.29, 1.82) is 0 Å². The number of amidine groups is 1. The molecule has 0 bridgehead atoms. The number of nitrogens with zero attached hydrogens (tertiary/aromatic N) is 1. The third-order valence-electron chi connectivity index (χ3n) is 3.16. The van der Waals surface area contributed by atoms with E-state index in [9.17, 15) is 22.8 Å². The van der Waals surface area contributed by atoms with Crippen molar-refractivity contribution < 1.29 is 27.6 Å². The van der Waals surface area contributed by atoms with Crippen LogP contribution in [-0.2, 0) is 15.8 Å².